The number of nitro groups is 1. The van der Waals surface area contributed by atoms with E-state index < -0.39 is 4.92 Å². The first-order valence-electron chi connectivity index (χ1n) is 6.64. The van der Waals surface area contributed by atoms with Crippen molar-refractivity contribution in [3.05, 3.63) is 69.8 Å². The van der Waals surface area contributed by atoms with Crippen LogP contribution < -0.4 is 4.90 Å². The molecule has 2 aromatic carbocycles. The third kappa shape index (κ3) is 4.24. The summed E-state index contributed by atoms with van der Waals surface area (Å²) in [6.07, 6.45) is 3.20. The van der Waals surface area contributed by atoms with Crippen molar-refractivity contribution in [2.45, 2.75) is 0 Å². The topological polar surface area (TPSA) is 71.1 Å². The highest BCUT2D eigenvalue weighted by Crippen LogP contribution is 2.11. The molecular formula is C16H16N4O2. The van der Waals surface area contributed by atoms with Crippen LogP contribution in [0.1, 0.15) is 11.1 Å². The Kier molecular flexibility index (Phi) is 4.98. The third-order valence-electron chi connectivity index (χ3n) is 2.99. The van der Waals surface area contributed by atoms with Crippen LogP contribution in [0.2, 0.25) is 0 Å². The molecule has 0 N–H and O–H groups in total. The molecule has 6 nitrogen and oxygen atoms in total. The van der Waals surface area contributed by atoms with Gasteiger partial charge in [-0.15, -0.1) is 0 Å². The summed E-state index contributed by atoms with van der Waals surface area (Å²) in [5.74, 6) is 0. The fourth-order valence-corrected chi connectivity index (χ4v) is 1.74. The Morgan fingerprint density at radius 3 is 1.77 bits per heavy atom. The normalized spacial score (nSPS) is 11.2. The maximum absolute atomic E-state index is 10.5. The SMILES string of the molecule is CN(C)c1ccc(/C=N/N=C/c2ccc([N+](=O)[O-])cc2)cc1. The Labute approximate surface area is 128 Å². The molecule has 0 aliphatic rings. The van der Waals surface area contributed by atoms with E-state index in [1.807, 2.05) is 43.3 Å². The second-order valence-corrected chi connectivity index (χ2v) is 4.82. The fourth-order valence-electron chi connectivity index (χ4n) is 1.74. The molecule has 0 spiro atoms. The molecule has 0 fully saturated rings. The van der Waals surface area contributed by atoms with Gasteiger partial charge in [-0.05, 0) is 35.4 Å². The van der Waals surface area contributed by atoms with E-state index in [9.17, 15) is 10.1 Å². The molecule has 0 unspecified atom stereocenters. The minimum Gasteiger partial charge on any atom is -0.378 e. The van der Waals surface area contributed by atoms with Crippen LogP contribution in [0.3, 0.4) is 0 Å². The molecule has 6 heteroatoms. The Morgan fingerprint density at radius 2 is 1.36 bits per heavy atom. The molecule has 0 aliphatic carbocycles. The van der Waals surface area contributed by atoms with Gasteiger partial charge in [0.1, 0.15) is 0 Å². The van der Waals surface area contributed by atoms with Gasteiger partial charge in [0.15, 0.2) is 0 Å². The molecule has 0 aromatic heterocycles. The Hall–Kier alpha value is -3.02. The Morgan fingerprint density at radius 1 is 0.909 bits per heavy atom. The minimum absolute atomic E-state index is 0.0571. The number of non-ortho nitro benzene ring substituents is 1. The summed E-state index contributed by atoms with van der Waals surface area (Å²) in [5.41, 5.74) is 2.88. The molecule has 0 bridgehead atoms. The molecule has 0 saturated carbocycles. The lowest BCUT2D eigenvalue weighted by atomic mass is 10.2. The number of benzene rings is 2. The van der Waals surface area contributed by atoms with E-state index in [0.29, 0.717) is 0 Å². The van der Waals surface area contributed by atoms with E-state index in [2.05, 4.69) is 10.2 Å². The van der Waals surface area contributed by atoms with Gasteiger partial charge in [-0.2, -0.15) is 10.2 Å². The van der Waals surface area contributed by atoms with Crippen LogP contribution in [0.25, 0.3) is 0 Å². The van der Waals surface area contributed by atoms with Crippen LogP contribution in [0.5, 0.6) is 0 Å². The second-order valence-electron chi connectivity index (χ2n) is 4.82. The van der Waals surface area contributed by atoms with E-state index >= 15 is 0 Å². The molecule has 0 saturated heterocycles. The van der Waals surface area contributed by atoms with Gasteiger partial charge in [-0.3, -0.25) is 10.1 Å². The highest BCUT2D eigenvalue weighted by atomic mass is 16.6. The molecule has 0 radical (unpaired) electrons. The zero-order valence-corrected chi connectivity index (χ0v) is 12.4. The van der Waals surface area contributed by atoms with Crippen molar-refractivity contribution in [2.24, 2.45) is 10.2 Å². The highest BCUT2D eigenvalue weighted by Gasteiger charge is 2.02. The number of nitro benzene ring substituents is 1. The van der Waals surface area contributed by atoms with Gasteiger partial charge in [0.2, 0.25) is 0 Å². The van der Waals surface area contributed by atoms with Crippen molar-refractivity contribution in [1.82, 2.24) is 0 Å². The third-order valence-corrected chi connectivity index (χ3v) is 2.99. The first-order valence-corrected chi connectivity index (χ1v) is 6.64. The van der Waals surface area contributed by atoms with Gasteiger partial charge in [0, 0.05) is 31.9 Å². The summed E-state index contributed by atoms with van der Waals surface area (Å²) in [6.45, 7) is 0. The van der Waals surface area contributed by atoms with Crippen molar-refractivity contribution in [2.75, 3.05) is 19.0 Å². The lowest BCUT2D eigenvalue weighted by Gasteiger charge is -2.11. The van der Waals surface area contributed by atoms with E-state index in [1.54, 1.807) is 24.6 Å². The van der Waals surface area contributed by atoms with Gasteiger partial charge < -0.3 is 4.90 Å². The molecule has 2 rings (SSSR count). The van der Waals surface area contributed by atoms with Crippen molar-refractivity contribution in [1.29, 1.82) is 0 Å². The predicted octanol–water partition coefficient (Wildman–Crippen LogP) is 3.11. The van der Waals surface area contributed by atoms with Crippen LogP contribution >= 0.6 is 0 Å². The summed E-state index contributed by atoms with van der Waals surface area (Å²) in [7, 11) is 3.97. The number of anilines is 1. The van der Waals surface area contributed by atoms with Crippen LogP contribution in [-0.4, -0.2) is 31.4 Å². The van der Waals surface area contributed by atoms with Gasteiger partial charge in [0.05, 0.1) is 17.4 Å². The first-order chi connectivity index (χ1) is 10.6. The highest BCUT2D eigenvalue weighted by molar-refractivity contribution is 5.83. The van der Waals surface area contributed by atoms with E-state index in [4.69, 9.17) is 0 Å². The van der Waals surface area contributed by atoms with Gasteiger partial charge in [0.25, 0.3) is 5.69 Å². The Bertz CT molecular complexity index is 689. The quantitative estimate of drug-likeness (QED) is 0.483. The molecular weight excluding hydrogens is 280 g/mol. The summed E-state index contributed by atoms with van der Waals surface area (Å²) >= 11 is 0. The molecule has 112 valence electrons. The second kappa shape index (κ2) is 7.12. The number of hydrogen-bond acceptors (Lipinski definition) is 5. The summed E-state index contributed by atoms with van der Waals surface area (Å²) in [6, 6.07) is 14.0. The van der Waals surface area contributed by atoms with Crippen molar-refractivity contribution in [3.63, 3.8) is 0 Å². The maximum atomic E-state index is 10.5. The number of nitrogens with zero attached hydrogens (tertiary/aromatic N) is 4. The molecule has 0 heterocycles. The Balaban J connectivity index is 1.97. The minimum atomic E-state index is -0.434. The smallest absolute Gasteiger partial charge is 0.269 e. The van der Waals surface area contributed by atoms with Crippen molar-refractivity contribution in [3.8, 4) is 0 Å². The fraction of sp³-hybridized carbons (Fsp3) is 0.125. The van der Waals surface area contributed by atoms with E-state index in [0.717, 1.165) is 16.8 Å². The zero-order chi connectivity index (χ0) is 15.9. The van der Waals surface area contributed by atoms with Crippen LogP contribution in [0.15, 0.2) is 58.7 Å². The molecule has 22 heavy (non-hydrogen) atoms. The van der Waals surface area contributed by atoms with Crippen molar-refractivity contribution >= 4 is 23.8 Å². The number of rotatable bonds is 5. The molecule has 0 amide bonds. The number of hydrogen-bond donors (Lipinski definition) is 0. The average Bonchev–Trinajstić information content (AvgIpc) is 2.52. The molecule has 0 aliphatic heterocycles. The van der Waals surface area contributed by atoms with Gasteiger partial charge >= 0.3 is 0 Å². The largest absolute Gasteiger partial charge is 0.378 e. The monoisotopic (exact) mass is 296 g/mol. The van der Waals surface area contributed by atoms with E-state index in [1.165, 1.54) is 12.1 Å². The van der Waals surface area contributed by atoms with E-state index in [-0.39, 0.29) is 5.69 Å². The summed E-state index contributed by atoms with van der Waals surface area (Å²) in [5, 5.41) is 18.4. The summed E-state index contributed by atoms with van der Waals surface area (Å²) < 4.78 is 0. The zero-order valence-electron chi connectivity index (χ0n) is 12.4. The molecule has 0 atom stereocenters. The first kappa shape index (κ1) is 15.4. The predicted molar refractivity (Wildman–Crippen MR) is 89.1 cm³/mol. The van der Waals surface area contributed by atoms with Gasteiger partial charge in [-0.1, -0.05) is 12.1 Å². The van der Waals surface area contributed by atoms with Gasteiger partial charge in [-0.25, -0.2) is 0 Å². The average molecular weight is 296 g/mol. The van der Waals surface area contributed by atoms with Crippen LogP contribution in [0.4, 0.5) is 11.4 Å². The van der Waals surface area contributed by atoms with Crippen LogP contribution in [-0.2, 0) is 0 Å². The summed E-state index contributed by atoms with van der Waals surface area (Å²) in [4.78, 5) is 12.1. The molecule has 2 aromatic rings. The lowest BCUT2D eigenvalue weighted by Crippen LogP contribution is -2.08. The maximum Gasteiger partial charge on any atom is 0.269 e. The van der Waals surface area contributed by atoms with Crippen LogP contribution in [0, 0.1) is 10.1 Å². The van der Waals surface area contributed by atoms with Crippen molar-refractivity contribution < 1.29 is 4.92 Å². The standard InChI is InChI=1S/C16H16N4O2/c1-19(2)15-7-3-13(4-8-15)11-17-18-12-14-5-9-16(10-6-14)20(21)22/h3-12H,1-2H3/b17-11+,18-12+. The lowest BCUT2D eigenvalue weighted by molar-refractivity contribution is -0.384.